The topological polar surface area (TPSA) is 86.8 Å². The van der Waals surface area contributed by atoms with Gasteiger partial charge in [0.2, 0.25) is 5.91 Å². The molecule has 0 radical (unpaired) electrons. The first-order valence-corrected chi connectivity index (χ1v) is 10.0. The SMILES string of the molecule is CC(=O)Nc1cccc([C@H]2CN(C3NC(c4ccncc4F)=CC(=O)N3C)CCO2)c1. The van der Waals surface area contributed by atoms with Crippen molar-refractivity contribution in [2.75, 3.05) is 32.1 Å². The largest absolute Gasteiger partial charge is 0.371 e. The van der Waals surface area contributed by atoms with Crippen LogP contribution in [0.15, 0.2) is 48.8 Å². The number of halogens is 1. The van der Waals surface area contributed by atoms with E-state index in [-0.39, 0.29) is 17.9 Å². The van der Waals surface area contributed by atoms with Crippen LogP contribution >= 0.6 is 0 Å². The summed E-state index contributed by atoms with van der Waals surface area (Å²) in [5, 5.41) is 6.06. The van der Waals surface area contributed by atoms with Crippen molar-refractivity contribution in [1.29, 1.82) is 0 Å². The second-order valence-corrected chi connectivity index (χ2v) is 7.54. The van der Waals surface area contributed by atoms with E-state index in [1.54, 1.807) is 18.0 Å². The number of rotatable bonds is 4. The minimum absolute atomic E-state index is 0.141. The molecule has 0 bridgehead atoms. The fourth-order valence-corrected chi connectivity index (χ4v) is 3.82. The van der Waals surface area contributed by atoms with Gasteiger partial charge in [0, 0.05) is 50.6 Å². The first-order valence-electron chi connectivity index (χ1n) is 10.0. The highest BCUT2D eigenvalue weighted by atomic mass is 19.1. The molecule has 31 heavy (non-hydrogen) atoms. The molecule has 1 aromatic heterocycles. The Bertz CT molecular complexity index is 1030. The zero-order chi connectivity index (χ0) is 22.0. The van der Waals surface area contributed by atoms with Crippen LogP contribution in [0.2, 0.25) is 0 Å². The number of hydrogen-bond donors (Lipinski definition) is 2. The van der Waals surface area contributed by atoms with Gasteiger partial charge >= 0.3 is 0 Å². The normalized spacial score (nSPS) is 22.0. The standard InChI is InChI=1S/C22H24FN5O3/c1-14(29)25-16-5-3-4-15(10-16)20-13-28(8-9-31-20)22-26-19(11-21(30)27(22)2)17-6-7-24-12-18(17)23/h3-7,10-12,20,22,26H,8-9,13H2,1-2H3,(H,25,29)/t20-,22?/m1/s1. The van der Waals surface area contributed by atoms with Crippen LogP contribution in [0.3, 0.4) is 0 Å². The van der Waals surface area contributed by atoms with E-state index in [0.29, 0.717) is 36.6 Å². The van der Waals surface area contributed by atoms with Gasteiger partial charge in [0.1, 0.15) is 0 Å². The molecule has 2 aromatic rings. The van der Waals surface area contributed by atoms with Crippen molar-refractivity contribution in [2.45, 2.75) is 19.3 Å². The number of nitrogens with one attached hydrogen (secondary N) is 2. The van der Waals surface area contributed by atoms with Gasteiger partial charge in [-0.3, -0.25) is 19.5 Å². The number of nitrogens with zero attached hydrogens (tertiary/aromatic N) is 3. The van der Waals surface area contributed by atoms with Crippen LogP contribution in [0, 0.1) is 5.82 Å². The Labute approximate surface area is 179 Å². The zero-order valence-corrected chi connectivity index (χ0v) is 17.3. The number of anilines is 1. The van der Waals surface area contributed by atoms with Crippen LogP contribution in [0.25, 0.3) is 5.70 Å². The molecule has 1 saturated heterocycles. The van der Waals surface area contributed by atoms with Gasteiger partial charge in [0.25, 0.3) is 5.91 Å². The molecule has 2 atom stereocenters. The van der Waals surface area contributed by atoms with Crippen LogP contribution in [-0.2, 0) is 14.3 Å². The Morgan fingerprint density at radius 2 is 2.19 bits per heavy atom. The summed E-state index contributed by atoms with van der Waals surface area (Å²) < 4.78 is 20.2. The Kier molecular flexibility index (Phi) is 5.97. The highest BCUT2D eigenvalue weighted by molar-refractivity contribution is 5.96. The molecule has 0 spiro atoms. The number of carbonyl (C=O) groups is 2. The molecule has 1 fully saturated rings. The van der Waals surface area contributed by atoms with E-state index in [4.69, 9.17) is 4.74 Å². The van der Waals surface area contributed by atoms with E-state index in [1.165, 1.54) is 19.2 Å². The summed E-state index contributed by atoms with van der Waals surface area (Å²) >= 11 is 0. The molecular formula is C22H24FN5O3. The monoisotopic (exact) mass is 425 g/mol. The number of ether oxygens (including phenoxy) is 1. The fraction of sp³-hybridized carbons (Fsp3) is 0.318. The number of hydrogen-bond acceptors (Lipinski definition) is 6. The molecule has 2 N–H and O–H groups in total. The van der Waals surface area contributed by atoms with Crippen molar-refractivity contribution < 1.29 is 18.7 Å². The lowest BCUT2D eigenvalue weighted by atomic mass is 10.1. The summed E-state index contributed by atoms with van der Waals surface area (Å²) in [4.78, 5) is 31.4. The first kappa shape index (κ1) is 21.0. The molecule has 4 rings (SSSR count). The molecular weight excluding hydrogens is 401 g/mol. The summed E-state index contributed by atoms with van der Waals surface area (Å²) in [7, 11) is 1.71. The highest BCUT2D eigenvalue weighted by Crippen LogP contribution is 2.28. The van der Waals surface area contributed by atoms with Crippen LogP contribution in [0.5, 0.6) is 0 Å². The van der Waals surface area contributed by atoms with Crippen LogP contribution in [-0.4, -0.2) is 59.6 Å². The molecule has 1 unspecified atom stereocenters. The number of benzene rings is 1. The molecule has 0 aliphatic carbocycles. The Balaban J connectivity index is 1.54. The summed E-state index contributed by atoms with van der Waals surface area (Å²) in [6.07, 6.45) is 3.32. The number of pyridine rings is 1. The molecule has 3 heterocycles. The predicted molar refractivity (Wildman–Crippen MR) is 113 cm³/mol. The molecule has 2 aliphatic heterocycles. The first-order chi connectivity index (χ1) is 14.9. The van der Waals surface area contributed by atoms with E-state index in [9.17, 15) is 14.0 Å². The summed E-state index contributed by atoms with van der Waals surface area (Å²) in [5.41, 5.74) is 2.35. The number of likely N-dealkylation sites (N-methyl/N-ethyl adjacent to an activating group) is 1. The zero-order valence-electron chi connectivity index (χ0n) is 17.3. The van der Waals surface area contributed by atoms with E-state index in [1.807, 2.05) is 24.3 Å². The summed E-state index contributed by atoms with van der Waals surface area (Å²) in [6.45, 7) is 3.05. The van der Waals surface area contributed by atoms with Crippen molar-refractivity contribution in [3.63, 3.8) is 0 Å². The van der Waals surface area contributed by atoms with Crippen LogP contribution in [0.4, 0.5) is 10.1 Å². The fourth-order valence-electron chi connectivity index (χ4n) is 3.82. The lowest BCUT2D eigenvalue weighted by molar-refractivity contribution is -0.137. The Morgan fingerprint density at radius 1 is 1.35 bits per heavy atom. The molecule has 162 valence electrons. The van der Waals surface area contributed by atoms with Gasteiger partial charge in [-0.25, -0.2) is 4.39 Å². The van der Waals surface area contributed by atoms with Crippen LogP contribution < -0.4 is 10.6 Å². The number of amides is 2. The van der Waals surface area contributed by atoms with Crippen molar-refractivity contribution in [3.05, 3.63) is 65.7 Å². The third-order valence-electron chi connectivity index (χ3n) is 5.35. The Morgan fingerprint density at radius 3 is 2.97 bits per heavy atom. The highest BCUT2D eigenvalue weighted by Gasteiger charge is 2.34. The van der Waals surface area contributed by atoms with Crippen molar-refractivity contribution >= 4 is 23.2 Å². The maximum absolute atomic E-state index is 14.2. The smallest absolute Gasteiger partial charge is 0.251 e. The summed E-state index contributed by atoms with van der Waals surface area (Å²) in [6, 6.07) is 9.06. The average Bonchev–Trinajstić information content (AvgIpc) is 2.76. The third-order valence-corrected chi connectivity index (χ3v) is 5.35. The van der Waals surface area contributed by atoms with Gasteiger partial charge < -0.3 is 20.3 Å². The van der Waals surface area contributed by atoms with E-state index < -0.39 is 12.1 Å². The van der Waals surface area contributed by atoms with Gasteiger partial charge in [-0.05, 0) is 23.8 Å². The van der Waals surface area contributed by atoms with Crippen LogP contribution in [0.1, 0.15) is 24.2 Å². The number of carbonyl (C=O) groups excluding carboxylic acids is 2. The van der Waals surface area contributed by atoms with Gasteiger partial charge in [0.15, 0.2) is 12.1 Å². The van der Waals surface area contributed by atoms with Gasteiger partial charge in [-0.2, -0.15) is 0 Å². The molecule has 9 heteroatoms. The maximum atomic E-state index is 14.2. The van der Waals surface area contributed by atoms with E-state index in [2.05, 4.69) is 20.5 Å². The molecule has 0 saturated carbocycles. The van der Waals surface area contributed by atoms with Gasteiger partial charge in [-0.1, -0.05) is 12.1 Å². The molecule has 1 aromatic carbocycles. The maximum Gasteiger partial charge on any atom is 0.251 e. The number of morpholine rings is 1. The van der Waals surface area contributed by atoms with Gasteiger partial charge in [-0.15, -0.1) is 0 Å². The second-order valence-electron chi connectivity index (χ2n) is 7.54. The quantitative estimate of drug-likeness (QED) is 0.779. The molecule has 8 nitrogen and oxygen atoms in total. The second kappa shape index (κ2) is 8.83. The molecule has 2 amide bonds. The summed E-state index contributed by atoms with van der Waals surface area (Å²) in [5.74, 6) is -0.852. The number of aromatic nitrogens is 1. The lowest BCUT2D eigenvalue weighted by Gasteiger charge is -2.44. The van der Waals surface area contributed by atoms with Crippen molar-refractivity contribution in [3.8, 4) is 0 Å². The van der Waals surface area contributed by atoms with Crippen molar-refractivity contribution in [1.82, 2.24) is 20.1 Å². The predicted octanol–water partition coefficient (Wildman–Crippen LogP) is 1.94. The minimum Gasteiger partial charge on any atom is -0.371 e. The van der Waals surface area contributed by atoms with E-state index >= 15 is 0 Å². The average molecular weight is 425 g/mol. The lowest BCUT2D eigenvalue weighted by Crippen LogP contribution is -2.61. The van der Waals surface area contributed by atoms with Gasteiger partial charge in [0.05, 0.1) is 24.6 Å². The van der Waals surface area contributed by atoms with E-state index in [0.717, 1.165) is 11.8 Å². The molecule has 2 aliphatic rings. The Hall–Kier alpha value is -3.30. The minimum atomic E-state index is -0.494. The third kappa shape index (κ3) is 4.57. The van der Waals surface area contributed by atoms with Crippen molar-refractivity contribution in [2.24, 2.45) is 0 Å².